The molecular formula is C13H26F3KO4S2. The molecule has 0 aliphatic carbocycles. The van der Waals surface area contributed by atoms with E-state index in [4.69, 9.17) is 0 Å². The van der Waals surface area contributed by atoms with Gasteiger partial charge in [0, 0.05) is 0 Å². The minimum atomic E-state index is -6.11. The summed E-state index contributed by atoms with van der Waals surface area (Å²) in [6.45, 7) is 2.13. The quantitative estimate of drug-likeness (QED) is 0.282. The molecule has 136 valence electrons. The summed E-state index contributed by atoms with van der Waals surface area (Å²) in [4.78, 5) is 0. The van der Waals surface area contributed by atoms with E-state index in [0.29, 0.717) is 12.8 Å². The fourth-order valence-corrected chi connectivity index (χ4v) is 4.96. The normalized spacial score (nSPS) is 12.9. The van der Waals surface area contributed by atoms with Gasteiger partial charge in [-0.2, -0.15) is 13.2 Å². The first-order valence-corrected chi connectivity index (χ1v) is 11.3. The molecule has 0 aromatic carbocycles. The molecule has 0 heterocycles. The van der Waals surface area contributed by atoms with Gasteiger partial charge in [-0.05, 0) is 6.42 Å². The van der Waals surface area contributed by atoms with Gasteiger partial charge in [0.05, 0.1) is 5.75 Å². The third-order valence-electron chi connectivity index (χ3n) is 3.37. The molecular weight excluding hydrogens is 380 g/mol. The second-order valence-corrected chi connectivity index (χ2v) is 11.1. The molecule has 0 radical (unpaired) electrons. The zero-order chi connectivity index (χ0) is 17.3. The molecule has 0 amide bonds. The van der Waals surface area contributed by atoms with E-state index in [-0.39, 0.29) is 57.8 Å². The van der Waals surface area contributed by atoms with Crippen molar-refractivity contribution < 1.29 is 30.0 Å². The maximum absolute atomic E-state index is 12.2. The van der Waals surface area contributed by atoms with E-state index >= 15 is 0 Å². The summed E-state index contributed by atoms with van der Waals surface area (Å²) in [5.74, 6) is -0.967. The Hall–Kier alpha value is 1.33. The summed E-state index contributed by atoms with van der Waals surface area (Å²) < 4.78 is 80.7. The summed E-state index contributed by atoms with van der Waals surface area (Å²) in [6, 6.07) is 0. The van der Waals surface area contributed by atoms with Gasteiger partial charge in [-0.25, -0.2) is 16.8 Å². The summed E-state index contributed by atoms with van der Waals surface area (Å²) in [6.07, 6.45) is 8.80. The van der Waals surface area contributed by atoms with Crippen LogP contribution in [0.15, 0.2) is 0 Å². The Labute approximate surface area is 179 Å². The van der Waals surface area contributed by atoms with Crippen LogP contribution in [0.1, 0.15) is 71.1 Å². The van der Waals surface area contributed by atoms with Gasteiger partial charge in [-0.15, -0.1) is 0 Å². The number of unbranched alkanes of at least 4 members (excludes halogenated alkanes) is 9. The van der Waals surface area contributed by atoms with Crippen molar-refractivity contribution in [3.8, 4) is 0 Å². The fourth-order valence-electron chi connectivity index (χ4n) is 2.02. The molecule has 10 heteroatoms. The second-order valence-electron chi connectivity index (χ2n) is 5.34. The van der Waals surface area contributed by atoms with Crippen molar-refractivity contribution in [2.24, 2.45) is 0 Å². The molecule has 0 atom stereocenters. The summed E-state index contributed by atoms with van der Waals surface area (Å²) in [5, 5.41) is 0. The van der Waals surface area contributed by atoms with Gasteiger partial charge in [-0.1, -0.05) is 64.7 Å². The van der Waals surface area contributed by atoms with Gasteiger partial charge in [0.25, 0.3) is 8.87 Å². The van der Waals surface area contributed by atoms with E-state index in [0.717, 1.165) is 25.7 Å². The molecule has 0 bridgehead atoms. The van der Waals surface area contributed by atoms with E-state index in [1.165, 1.54) is 19.3 Å². The Bertz CT molecular complexity index is 502. The predicted molar refractivity (Wildman–Crippen MR) is 87.8 cm³/mol. The molecule has 0 saturated heterocycles. The molecule has 0 unspecified atom stereocenters. The van der Waals surface area contributed by atoms with Crippen LogP contribution in [-0.4, -0.2) is 79.5 Å². The summed E-state index contributed by atoms with van der Waals surface area (Å²) in [7, 11) is -11.3. The average molecular weight is 407 g/mol. The molecule has 0 rings (SSSR count). The van der Waals surface area contributed by atoms with Crippen LogP contribution in [0.25, 0.3) is 0 Å². The van der Waals surface area contributed by atoms with Gasteiger partial charge in [0.15, 0.2) is 0 Å². The monoisotopic (exact) mass is 406 g/mol. The first-order chi connectivity index (χ1) is 10.1. The van der Waals surface area contributed by atoms with Gasteiger partial charge in [0.1, 0.15) is 0 Å². The first kappa shape index (κ1) is 26.6. The van der Waals surface area contributed by atoms with Gasteiger partial charge < -0.3 is 0 Å². The Kier molecular flexibility index (Phi) is 14.6. The van der Waals surface area contributed by atoms with E-state index < -0.39 is 29.0 Å². The van der Waals surface area contributed by atoms with Gasteiger partial charge in [-0.3, -0.25) is 0 Å². The number of alkyl halides is 3. The SMILES string of the molecule is CCCCCCCCCCCCS(=O)(=O)S(=O)(=O)C(F)(F)F.[KH]. The third kappa shape index (κ3) is 10.2. The molecule has 0 aliphatic heterocycles. The molecule has 0 spiro atoms. The maximum atomic E-state index is 12.2. The molecule has 23 heavy (non-hydrogen) atoms. The Morgan fingerprint density at radius 1 is 0.696 bits per heavy atom. The van der Waals surface area contributed by atoms with Crippen LogP contribution < -0.4 is 0 Å². The van der Waals surface area contributed by atoms with Crippen LogP contribution in [0.5, 0.6) is 0 Å². The molecule has 4 nitrogen and oxygen atoms in total. The van der Waals surface area contributed by atoms with Crippen molar-refractivity contribution in [1.29, 1.82) is 0 Å². The van der Waals surface area contributed by atoms with Gasteiger partial charge >= 0.3 is 65.8 Å². The topological polar surface area (TPSA) is 68.3 Å². The number of hydrogen-bond donors (Lipinski definition) is 0. The van der Waals surface area contributed by atoms with Crippen LogP contribution in [0, 0.1) is 0 Å². The zero-order valence-electron chi connectivity index (χ0n) is 12.9. The van der Waals surface area contributed by atoms with E-state index in [1.807, 2.05) is 0 Å². The second kappa shape index (κ2) is 12.6. The summed E-state index contributed by atoms with van der Waals surface area (Å²) >= 11 is 0. The minimum absolute atomic E-state index is 0. The van der Waals surface area contributed by atoms with Crippen LogP contribution in [0.2, 0.25) is 0 Å². The van der Waals surface area contributed by atoms with Crippen molar-refractivity contribution in [3.05, 3.63) is 0 Å². The van der Waals surface area contributed by atoms with Crippen molar-refractivity contribution in [2.75, 3.05) is 5.75 Å². The fraction of sp³-hybridized carbons (Fsp3) is 1.00. The van der Waals surface area contributed by atoms with E-state index in [1.54, 1.807) is 0 Å². The predicted octanol–water partition coefficient (Wildman–Crippen LogP) is 3.52. The number of hydrogen-bond acceptors (Lipinski definition) is 4. The van der Waals surface area contributed by atoms with E-state index in [2.05, 4.69) is 6.92 Å². The molecule has 0 aliphatic rings. The Morgan fingerprint density at radius 3 is 1.39 bits per heavy atom. The van der Waals surface area contributed by atoms with Crippen molar-refractivity contribution in [3.63, 3.8) is 0 Å². The Morgan fingerprint density at radius 2 is 1.04 bits per heavy atom. The van der Waals surface area contributed by atoms with Crippen LogP contribution >= 0.6 is 0 Å². The number of halogens is 3. The van der Waals surface area contributed by atoms with Crippen LogP contribution in [0.4, 0.5) is 13.2 Å². The van der Waals surface area contributed by atoms with E-state index in [9.17, 15) is 30.0 Å². The molecule has 0 aromatic rings. The molecule has 0 saturated carbocycles. The zero-order valence-corrected chi connectivity index (χ0v) is 14.5. The van der Waals surface area contributed by atoms with Gasteiger partial charge in [0.2, 0.25) is 0 Å². The first-order valence-electron chi connectivity index (χ1n) is 7.60. The molecule has 0 fully saturated rings. The van der Waals surface area contributed by atoms with Crippen molar-refractivity contribution in [1.82, 2.24) is 0 Å². The standard InChI is InChI=1S/C13H25F3O4S2.K.H/c1-2-3-4-5-6-7-8-9-10-11-12-21(17,18)22(19,20)13(14,15)16;;/h2-12H2,1H3;;. The van der Waals surface area contributed by atoms with Crippen molar-refractivity contribution >= 4 is 69.1 Å². The average Bonchev–Trinajstić information content (AvgIpc) is 2.39. The summed E-state index contributed by atoms with van der Waals surface area (Å²) in [5.41, 5.74) is -5.75. The van der Waals surface area contributed by atoms with Crippen LogP contribution in [0.3, 0.4) is 0 Å². The Balaban J connectivity index is 0. The number of rotatable bonds is 12. The van der Waals surface area contributed by atoms with Crippen LogP contribution in [-0.2, 0) is 17.7 Å². The van der Waals surface area contributed by atoms with Crippen molar-refractivity contribution in [2.45, 2.75) is 76.6 Å². The third-order valence-corrected chi connectivity index (χ3v) is 8.46. The molecule has 0 N–H and O–H groups in total. The molecule has 0 aromatic heterocycles.